The van der Waals surface area contributed by atoms with Crippen molar-refractivity contribution >= 4 is 5.91 Å². The maximum absolute atomic E-state index is 11.6. The average Bonchev–Trinajstić information content (AvgIpc) is 2.11. The van der Waals surface area contributed by atoms with Gasteiger partial charge >= 0.3 is 0 Å². The molecule has 13 heavy (non-hydrogen) atoms. The molecule has 74 valence electrons. The van der Waals surface area contributed by atoms with E-state index < -0.39 is 5.92 Å². The van der Waals surface area contributed by atoms with Gasteiger partial charge in [-0.1, -0.05) is 13.3 Å². The maximum atomic E-state index is 11.6. The van der Waals surface area contributed by atoms with E-state index in [1.54, 1.807) is 11.9 Å². The smallest absolute Gasteiger partial charge is 0.239 e. The van der Waals surface area contributed by atoms with Crippen LogP contribution in [0.25, 0.3) is 0 Å². The first-order chi connectivity index (χ1) is 6.04. The highest BCUT2D eigenvalue weighted by Crippen LogP contribution is 2.10. The Bertz CT molecular complexity index is 205. The van der Waals surface area contributed by atoms with Crippen LogP contribution < -0.4 is 0 Å². The zero-order valence-corrected chi connectivity index (χ0v) is 8.87. The van der Waals surface area contributed by atoms with Crippen LogP contribution in [-0.4, -0.2) is 23.9 Å². The fourth-order valence-corrected chi connectivity index (χ4v) is 1.03. The van der Waals surface area contributed by atoms with E-state index in [0.29, 0.717) is 6.42 Å². The van der Waals surface area contributed by atoms with E-state index in [9.17, 15) is 4.79 Å². The molecule has 0 saturated heterocycles. The summed E-state index contributed by atoms with van der Waals surface area (Å²) in [6.07, 6.45) is 1.53. The van der Waals surface area contributed by atoms with Crippen LogP contribution >= 0.6 is 0 Å². The Hall–Kier alpha value is -1.04. The number of amides is 1. The van der Waals surface area contributed by atoms with Gasteiger partial charge in [0, 0.05) is 13.1 Å². The summed E-state index contributed by atoms with van der Waals surface area (Å²) in [5.74, 6) is -0.517. The Balaban J connectivity index is 4.30. The lowest BCUT2D eigenvalue weighted by molar-refractivity contribution is -0.134. The van der Waals surface area contributed by atoms with Gasteiger partial charge in [0.25, 0.3) is 0 Å². The molecule has 0 spiro atoms. The van der Waals surface area contributed by atoms with Gasteiger partial charge in [-0.25, -0.2) is 0 Å². The van der Waals surface area contributed by atoms with Crippen molar-refractivity contribution < 1.29 is 4.79 Å². The van der Waals surface area contributed by atoms with Gasteiger partial charge in [0.1, 0.15) is 5.92 Å². The summed E-state index contributed by atoms with van der Waals surface area (Å²) in [6.45, 7) is 5.86. The molecule has 1 unspecified atom stereocenters. The quantitative estimate of drug-likeness (QED) is 0.665. The SMILES string of the molecule is CCCC(C#N)C(=O)N(C)C(C)C. The molecular formula is C10H18N2O. The molecule has 3 heteroatoms. The monoisotopic (exact) mass is 182 g/mol. The first-order valence-electron chi connectivity index (χ1n) is 4.70. The summed E-state index contributed by atoms with van der Waals surface area (Å²) in [6, 6.07) is 2.21. The molecule has 0 aromatic rings. The Morgan fingerprint density at radius 1 is 1.54 bits per heavy atom. The van der Waals surface area contributed by atoms with Gasteiger partial charge in [-0.2, -0.15) is 5.26 Å². The minimum atomic E-state index is -0.461. The predicted octanol–water partition coefficient (Wildman–Crippen LogP) is 1.79. The molecule has 0 aliphatic carbocycles. The highest BCUT2D eigenvalue weighted by atomic mass is 16.2. The van der Waals surface area contributed by atoms with E-state index in [1.165, 1.54) is 0 Å². The summed E-state index contributed by atoms with van der Waals surface area (Å²) in [5.41, 5.74) is 0. The van der Waals surface area contributed by atoms with Crippen LogP contribution in [0.4, 0.5) is 0 Å². The molecule has 0 aliphatic heterocycles. The number of hydrogen-bond acceptors (Lipinski definition) is 2. The highest BCUT2D eigenvalue weighted by Gasteiger charge is 2.21. The number of hydrogen-bond donors (Lipinski definition) is 0. The molecule has 0 N–H and O–H groups in total. The zero-order valence-electron chi connectivity index (χ0n) is 8.87. The van der Waals surface area contributed by atoms with Gasteiger partial charge in [-0.15, -0.1) is 0 Å². The van der Waals surface area contributed by atoms with E-state index in [4.69, 9.17) is 5.26 Å². The van der Waals surface area contributed by atoms with Gasteiger partial charge < -0.3 is 4.90 Å². The van der Waals surface area contributed by atoms with Crippen molar-refractivity contribution in [1.82, 2.24) is 4.90 Å². The third kappa shape index (κ3) is 3.45. The fourth-order valence-electron chi connectivity index (χ4n) is 1.03. The standard InChI is InChI=1S/C10H18N2O/c1-5-6-9(7-11)10(13)12(4)8(2)3/h8-9H,5-6H2,1-4H3. The Kier molecular flexibility index (Phi) is 5.13. The van der Waals surface area contributed by atoms with Crippen LogP contribution in [0, 0.1) is 17.2 Å². The molecular weight excluding hydrogens is 164 g/mol. The summed E-state index contributed by atoms with van der Waals surface area (Å²) < 4.78 is 0. The van der Waals surface area contributed by atoms with Crippen molar-refractivity contribution in [3.05, 3.63) is 0 Å². The second kappa shape index (κ2) is 5.58. The Morgan fingerprint density at radius 2 is 2.08 bits per heavy atom. The third-order valence-electron chi connectivity index (χ3n) is 2.15. The van der Waals surface area contributed by atoms with Crippen LogP contribution in [0.1, 0.15) is 33.6 Å². The van der Waals surface area contributed by atoms with Gasteiger partial charge in [-0.05, 0) is 20.3 Å². The lowest BCUT2D eigenvalue weighted by Gasteiger charge is -2.23. The largest absolute Gasteiger partial charge is 0.342 e. The third-order valence-corrected chi connectivity index (χ3v) is 2.15. The van der Waals surface area contributed by atoms with Crippen LogP contribution in [0.5, 0.6) is 0 Å². The summed E-state index contributed by atoms with van der Waals surface area (Å²) in [5, 5.41) is 8.76. The van der Waals surface area contributed by atoms with Crippen molar-refractivity contribution in [3.63, 3.8) is 0 Å². The van der Waals surface area contributed by atoms with E-state index in [1.807, 2.05) is 26.8 Å². The number of rotatable bonds is 4. The highest BCUT2D eigenvalue weighted by molar-refractivity contribution is 5.81. The fraction of sp³-hybridized carbons (Fsp3) is 0.800. The van der Waals surface area contributed by atoms with Gasteiger partial charge in [0.05, 0.1) is 6.07 Å². The van der Waals surface area contributed by atoms with Crippen LogP contribution in [-0.2, 0) is 4.79 Å². The first kappa shape index (κ1) is 12.0. The van der Waals surface area contributed by atoms with Crippen molar-refractivity contribution in [1.29, 1.82) is 5.26 Å². The average molecular weight is 182 g/mol. The van der Waals surface area contributed by atoms with Gasteiger partial charge in [0.2, 0.25) is 5.91 Å². The minimum absolute atomic E-state index is 0.0562. The van der Waals surface area contributed by atoms with Gasteiger partial charge in [0.15, 0.2) is 0 Å². The molecule has 0 aromatic carbocycles. The number of nitrogens with zero attached hydrogens (tertiary/aromatic N) is 2. The maximum Gasteiger partial charge on any atom is 0.239 e. The molecule has 3 nitrogen and oxygen atoms in total. The van der Waals surface area contributed by atoms with Crippen molar-refractivity contribution in [2.75, 3.05) is 7.05 Å². The van der Waals surface area contributed by atoms with E-state index in [-0.39, 0.29) is 11.9 Å². The zero-order chi connectivity index (χ0) is 10.4. The van der Waals surface area contributed by atoms with Crippen LogP contribution in [0.15, 0.2) is 0 Å². The van der Waals surface area contributed by atoms with Crippen molar-refractivity contribution in [3.8, 4) is 6.07 Å². The van der Waals surface area contributed by atoms with Crippen molar-refractivity contribution in [2.24, 2.45) is 5.92 Å². The topological polar surface area (TPSA) is 44.1 Å². The summed E-state index contributed by atoms with van der Waals surface area (Å²) in [7, 11) is 1.74. The van der Waals surface area contributed by atoms with Gasteiger partial charge in [-0.3, -0.25) is 4.79 Å². The second-order valence-electron chi connectivity index (χ2n) is 3.51. The molecule has 1 amide bonds. The number of carbonyl (C=O) groups is 1. The molecule has 0 fully saturated rings. The van der Waals surface area contributed by atoms with Crippen LogP contribution in [0.3, 0.4) is 0 Å². The molecule has 1 atom stereocenters. The second-order valence-corrected chi connectivity index (χ2v) is 3.51. The Morgan fingerprint density at radius 3 is 2.38 bits per heavy atom. The lowest BCUT2D eigenvalue weighted by atomic mass is 10.0. The molecule has 0 bridgehead atoms. The van der Waals surface area contributed by atoms with E-state index in [0.717, 1.165) is 6.42 Å². The molecule has 0 aliphatic rings. The first-order valence-corrected chi connectivity index (χ1v) is 4.70. The molecule has 0 rings (SSSR count). The number of carbonyl (C=O) groups excluding carboxylic acids is 1. The van der Waals surface area contributed by atoms with Crippen molar-refractivity contribution in [2.45, 2.75) is 39.7 Å². The minimum Gasteiger partial charge on any atom is -0.342 e. The Labute approximate surface area is 80.3 Å². The lowest BCUT2D eigenvalue weighted by Crippen LogP contribution is -2.37. The summed E-state index contributed by atoms with van der Waals surface area (Å²) >= 11 is 0. The summed E-state index contributed by atoms with van der Waals surface area (Å²) in [4.78, 5) is 13.2. The predicted molar refractivity (Wildman–Crippen MR) is 51.9 cm³/mol. The molecule has 0 radical (unpaired) electrons. The molecule has 0 aromatic heterocycles. The molecule has 0 saturated carbocycles. The van der Waals surface area contributed by atoms with E-state index >= 15 is 0 Å². The molecule has 0 heterocycles. The number of nitriles is 1. The van der Waals surface area contributed by atoms with E-state index in [2.05, 4.69) is 0 Å². The van der Waals surface area contributed by atoms with Crippen LogP contribution in [0.2, 0.25) is 0 Å². The normalized spacial score (nSPS) is 12.3.